The van der Waals surface area contributed by atoms with Gasteiger partial charge < -0.3 is 15.4 Å². The summed E-state index contributed by atoms with van der Waals surface area (Å²) in [4.78, 5) is 23.6. The van der Waals surface area contributed by atoms with E-state index in [1.807, 2.05) is 54.6 Å². The summed E-state index contributed by atoms with van der Waals surface area (Å²) < 4.78 is 4.96. The monoisotopic (exact) mass is 265 g/mol. The summed E-state index contributed by atoms with van der Waals surface area (Å²) in [6, 6.07) is 9.01. The molecule has 1 unspecified atom stereocenters. The summed E-state index contributed by atoms with van der Waals surface area (Å²) in [5.41, 5.74) is 5.97. The lowest BCUT2D eigenvalue weighted by molar-refractivity contribution is 0.111. The van der Waals surface area contributed by atoms with Gasteiger partial charge in [0.1, 0.15) is 6.61 Å². The number of amides is 3. The highest BCUT2D eigenvalue weighted by Gasteiger charge is 2.15. The van der Waals surface area contributed by atoms with Crippen molar-refractivity contribution in [3.05, 3.63) is 35.9 Å². The number of carbonyl (C=O) groups excluding carboxylic acids is 2. The van der Waals surface area contributed by atoms with Crippen molar-refractivity contribution in [2.45, 2.75) is 12.5 Å². The van der Waals surface area contributed by atoms with Crippen LogP contribution in [-0.2, 0) is 11.2 Å². The van der Waals surface area contributed by atoms with Crippen LogP contribution in [0.25, 0.3) is 0 Å². The molecule has 1 aromatic carbocycles. The molecule has 104 valence electrons. The minimum atomic E-state index is -0.922. The number of urea groups is 1. The normalized spacial score (nSPS) is 11.9. The number of nitrogens with zero attached hydrogens (tertiary/aromatic N) is 1. The Bertz CT molecular complexity index is 420. The van der Waals surface area contributed by atoms with E-state index in [0.29, 0.717) is 0 Å². The van der Waals surface area contributed by atoms with E-state index in [1.54, 1.807) is 0 Å². The smallest absolute Gasteiger partial charge is 0.415 e. The van der Waals surface area contributed by atoms with E-state index >= 15 is 0 Å². The van der Waals surface area contributed by atoms with Crippen LogP contribution in [0.4, 0.5) is 9.59 Å². The predicted octanol–water partition coefficient (Wildman–Crippen LogP) is 0.964. The SMILES string of the molecule is CN(C)C(COC(=O)NC(N)=O)Cc1ccccc1. The molecule has 19 heavy (non-hydrogen) atoms. The van der Waals surface area contributed by atoms with Gasteiger partial charge in [0.05, 0.1) is 0 Å². The lowest BCUT2D eigenvalue weighted by Crippen LogP contribution is -2.40. The number of hydrogen-bond donors (Lipinski definition) is 2. The Morgan fingerprint density at radius 1 is 1.32 bits per heavy atom. The number of primary amides is 1. The second-order valence-electron chi connectivity index (χ2n) is 4.39. The Labute approximate surface area is 112 Å². The number of benzene rings is 1. The highest BCUT2D eigenvalue weighted by Crippen LogP contribution is 2.07. The third-order valence-corrected chi connectivity index (χ3v) is 2.68. The topological polar surface area (TPSA) is 84.7 Å². The Balaban J connectivity index is 2.50. The van der Waals surface area contributed by atoms with Crippen molar-refractivity contribution in [3.8, 4) is 0 Å². The Hall–Kier alpha value is -2.08. The maximum absolute atomic E-state index is 11.2. The van der Waals surface area contributed by atoms with E-state index in [9.17, 15) is 9.59 Å². The zero-order chi connectivity index (χ0) is 14.3. The van der Waals surface area contributed by atoms with Gasteiger partial charge in [0.25, 0.3) is 0 Å². The number of alkyl carbamates (subject to hydrolysis) is 1. The summed E-state index contributed by atoms with van der Waals surface area (Å²) >= 11 is 0. The van der Waals surface area contributed by atoms with Gasteiger partial charge >= 0.3 is 12.1 Å². The molecule has 3 N–H and O–H groups in total. The molecule has 0 aliphatic heterocycles. The van der Waals surface area contributed by atoms with Crippen molar-refractivity contribution in [2.24, 2.45) is 5.73 Å². The van der Waals surface area contributed by atoms with E-state index in [-0.39, 0.29) is 12.6 Å². The molecule has 0 aromatic heterocycles. The number of carbonyl (C=O) groups is 2. The van der Waals surface area contributed by atoms with Gasteiger partial charge in [0.2, 0.25) is 0 Å². The molecule has 0 spiro atoms. The Morgan fingerprint density at radius 3 is 2.47 bits per heavy atom. The quantitative estimate of drug-likeness (QED) is 0.830. The molecular formula is C13H19N3O3. The minimum absolute atomic E-state index is 0.0287. The predicted molar refractivity (Wildman–Crippen MR) is 71.7 cm³/mol. The third kappa shape index (κ3) is 5.87. The van der Waals surface area contributed by atoms with Crippen molar-refractivity contribution in [1.29, 1.82) is 0 Å². The first kappa shape index (κ1) is 15.0. The molecule has 0 aliphatic rings. The molecule has 1 aromatic rings. The molecule has 1 rings (SSSR count). The summed E-state index contributed by atoms with van der Waals surface area (Å²) in [7, 11) is 3.81. The fraction of sp³-hybridized carbons (Fsp3) is 0.385. The average Bonchev–Trinajstić information content (AvgIpc) is 2.34. The molecule has 0 saturated carbocycles. The lowest BCUT2D eigenvalue weighted by atomic mass is 10.1. The maximum Gasteiger partial charge on any atom is 0.415 e. The largest absolute Gasteiger partial charge is 0.448 e. The van der Waals surface area contributed by atoms with Gasteiger partial charge in [-0.05, 0) is 26.1 Å². The molecular weight excluding hydrogens is 246 g/mol. The van der Waals surface area contributed by atoms with Crippen LogP contribution in [0.3, 0.4) is 0 Å². The van der Waals surface area contributed by atoms with Gasteiger partial charge in [-0.3, -0.25) is 0 Å². The third-order valence-electron chi connectivity index (χ3n) is 2.68. The summed E-state index contributed by atoms with van der Waals surface area (Å²) in [5, 5.41) is 1.86. The average molecular weight is 265 g/mol. The molecule has 0 radical (unpaired) electrons. The molecule has 6 nitrogen and oxygen atoms in total. The summed E-state index contributed by atoms with van der Waals surface area (Å²) in [6.45, 7) is 0.182. The van der Waals surface area contributed by atoms with E-state index in [1.165, 1.54) is 0 Å². The molecule has 0 heterocycles. The van der Waals surface area contributed by atoms with Crippen molar-refractivity contribution < 1.29 is 14.3 Å². The number of hydrogen-bond acceptors (Lipinski definition) is 4. The number of imide groups is 1. The van der Waals surface area contributed by atoms with Crippen molar-refractivity contribution in [3.63, 3.8) is 0 Å². The minimum Gasteiger partial charge on any atom is -0.448 e. The molecule has 0 saturated heterocycles. The first-order valence-electron chi connectivity index (χ1n) is 5.92. The number of likely N-dealkylation sites (N-methyl/N-ethyl adjacent to an activating group) is 1. The van der Waals surface area contributed by atoms with E-state index in [4.69, 9.17) is 10.5 Å². The second kappa shape index (κ2) is 7.38. The standard InChI is InChI=1S/C13H19N3O3/c1-16(2)11(8-10-6-4-3-5-7-10)9-19-13(18)15-12(14)17/h3-7,11H,8-9H2,1-2H3,(H3,14,15,17,18). The lowest BCUT2D eigenvalue weighted by Gasteiger charge is -2.23. The van der Waals surface area contributed by atoms with Gasteiger partial charge in [0, 0.05) is 6.04 Å². The number of nitrogens with one attached hydrogen (secondary N) is 1. The van der Waals surface area contributed by atoms with Gasteiger partial charge in [-0.1, -0.05) is 30.3 Å². The Kier molecular flexibility index (Phi) is 5.81. The molecule has 6 heteroatoms. The van der Waals surface area contributed by atoms with Crippen LogP contribution < -0.4 is 11.1 Å². The zero-order valence-electron chi connectivity index (χ0n) is 11.1. The molecule has 3 amide bonds. The van der Waals surface area contributed by atoms with Gasteiger partial charge in [-0.15, -0.1) is 0 Å². The van der Waals surface area contributed by atoms with Crippen molar-refractivity contribution in [1.82, 2.24) is 10.2 Å². The Morgan fingerprint density at radius 2 is 1.95 bits per heavy atom. The molecule has 0 fully saturated rings. The van der Waals surface area contributed by atoms with Crippen molar-refractivity contribution in [2.75, 3.05) is 20.7 Å². The first-order chi connectivity index (χ1) is 8.99. The highest BCUT2D eigenvalue weighted by molar-refractivity contribution is 5.89. The highest BCUT2D eigenvalue weighted by atomic mass is 16.5. The second-order valence-corrected chi connectivity index (χ2v) is 4.39. The van der Waals surface area contributed by atoms with Gasteiger partial charge in [0.15, 0.2) is 0 Å². The summed E-state index contributed by atoms with van der Waals surface area (Å²) in [6.07, 6.45) is -0.0788. The van der Waals surface area contributed by atoms with Crippen LogP contribution in [0.2, 0.25) is 0 Å². The van der Waals surface area contributed by atoms with Crippen molar-refractivity contribution >= 4 is 12.1 Å². The van der Waals surface area contributed by atoms with Crippen LogP contribution in [0.15, 0.2) is 30.3 Å². The van der Waals surface area contributed by atoms with E-state index in [2.05, 4.69) is 0 Å². The number of nitrogens with two attached hydrogens (primary N) is 1. The number of rotatable bonds is 5. The molecule has 1 atom stereocenters. The van der Waals surface area contributed by atoms with E-state index < -0.39 is 12.1 Å². The molecule has 0 bridgehead atoms. The van der Waals surface area contributed by atoms with E-state index in [0.717, 1.165) is 12.0 Å². The van der Waals surface area contributed by atoms with Gasteiger partial charge in [-0.25, -0.2) is 14.9 Å². The zero-order valence-corrected chi connectivity index (χ0v) is 11.1. The number of ether oxygens (including phenoxy) is 1. The maximum atomic E-state index is 11.2. The molecule has 0 aliphatic carbocycles. The fourth-order valence-corrected chi connectivity index (χ4v) is 1.59. The van der Waals surface area contributed by atoms with Crippen LogP contribution >= 0.6 is 0 Å². The van der Waals surface area contributed by atoms with Crippen LogP contribution in [0, 0.1) is 0 Å². The fourth-order valence-electron chi connectivity index (χ4n) is 1.59. The van der Waals surface area contributed by atoms with Crippen LogP contribution in [-0.4, -0.2) is 43.8 Å². The summed E-state index contributed by atoms with van der Waals surface area (Å²) in [5.74, 6) is 0. The van der Waals surface area contributed by atoms with Crippen LogP contribution in [0.1, 0.15) is 5.56 Å². The van der Waals surface area contributed by atoms with Crippen LogP contribution in [0.5, 0.6) is 0 Å². The first-order valence-corrected chi connectivity index (χ1v) is 5.92. The van der Waals surface area contributed by atoms with Gasteiger partial charge in [-0.2, -0.15) is 0 Å².